The highest BCUT2D eigenvalue weighted by atomic mass is 35.5. The summed E-state index contributed by atoms with van der Waals surface area (Å²) in [6.45, 7) is 1.41. The monoisotopic (exact) mass is 404 g/mol. The summed E-state index contributed by atoms with van der Waals surface area (Å²) in [7, 11) is 0. The normalized spacial score (nSPS) is 15.0. The third-order valence-corrected chi connectivity index (χ3v) is 4.95. The Kier molecular flexibility index (Phi) is 5.82. The molecule has 0 fully saturated rings. The Labute approximate surface area is 168 Å². The first-order valence-corrected chi connectivity index (χ1v) is 8.95. The number of aliphatic imine (C=N–C) groups is 1. The Hall–Kier alpha value is -2.37. The maximum absolute atomic E-state index is 12.3. The van der Waals surface area contributed by atoms with Gasteiger partial charge in [-0.25, -0.2) is 0 Å². The lowest BCUT2D eigenvalue weighted by Crippen LogP contribution is -2.31. The Morgan fingerprint density at radius 3 is 2.37 bits per heavy atom. The van der Waals surface area contributed by atoms with Gasteiger partial charge in [0.2, 0.25) is 0 Å². The number of amides is 2. The smallest absolute Gasteiger partial charge is 0.261 e. The van der Waals surface area contributed by atoms with Gasteiger partial charge in [0, 0.05) is 24.2 Å². The van der Waals surface area contributed by atoms with Crippen molar-refractivity contribution >= 4 is 41.0 Å². The van der Waals surface area contributed by atoms with Crippen LogP contribution >= 0.6 is 24.0 Å². The van der Waals surface area contributed by atoms with Gasteiger partial charge in [0.05, 0.1) is 17.7 Å². The van der Waals surface area contributed by atoms with E-state index in [2.05, 4.69) is 4.99 Å². The van der Waals surface area contributed by atoms with E-state index in [1.54, 1.807) is 24.3 Å². The molecule has 2 amide bonds. The maximum atomic E-state index is 12.3. The van der Waals surface area contributed by atoms with Crippen molar-refractivity contribution in [1.82, 2.24) is 4.90 Å². The third kappa shape index (κ3) is 3.57. The van der Waals surface area contributed by atoms with E-state index in [4.69, 9.17) is 16.3 Å². The van der Waals surface area contributed by atoms with Gasteiger partial charge in [0.15, 0.2) is 0 Å². The van der Waals surface area contributed by atoms with E-state index in [1.165, 1.54) is 4.90 Å². The molecule has 0 aromatic heterocycles. The van der Waals surface area contributed by atoms with E-state index >= 15 is 0 Å². The molecule has 0 N–H and O–H groups in total. The second-order valence-corrected chi connectivity index (χ2v) is 6.57. The fourth-order valence-corrected chi connectivity index (χ4v) is 3.61. The Balaban J connectivity index is 0.00000210. The molecule has 0 atom stereocenters. The predicted octanol–water partition coefficient (Wildman–Crippen LogP) is 3.72. The van der Waals surface area contributed by atoms with E-state index in [1.807, 2.05) is 18.2 Å². The topological polar surface area (TPSA) is 59.0 Å². The van der Waals surface area contributed by atoms with Gasteiger partial charge >= 0.3 is 0 Å². The summed E-state index contributed by atoms with van der Waals surface area (Å²) in [5, 5.41) is 0.516. The zero-order chi connectivity index (χ0) is 18.1. The standard InChI is InChI=1S/C20H17ClN2O3.ClH/c21-18-14-7-3-8-17(13(14)9-10-22-18)26-12-4-11-23-19(24)15-5-1-2-6-16(15)20(23)25;/h1-3,5-8H,4,9-12H2;1H. The number of benzene rings is 2. The number of halogens is 2. The van der Waals surface area contributed by atoms with Crippen LogP contribution in [0.25, 0.3) is 0 Å². The van der Waals surface area contributed by atoms with E-state index in [0.29, 0.717) is 42.4 Å². The Bertz CT molecular complexity index is 892. The van der Waals surface area contributed by atoms with Crippen LogP contribution in [0.3, 0.4) is 0 Å². The number of fused-ring (bicyclic) bond motifs is 2. The number of ether oxygens (including phenoxy) is 1. The SMILES string of the molecule is Cl.O=C1c2ccccc2C(=O)N1CCCOc1cccc2c1CCN=C2Cl. The minimum absolute atomic E-state index is 0. The van der Waals surface area contributed by atoms with Crippen LogP contribution in [0.1, 0.15) is 38.3 Å². The fourth-order valence-electron chi connectivity index (χ4n) is 3.35. The van der Waals surface area contributed by atoms with E-state index in [0.717, 1.165) is 23.3 Å². The molecule has 0 saturated carbocycles. The van der Waals surface area contributed by atoms with E-state index in [9.17, 15) is 9.59 Å². The highest BCUT2D eigenvalue weighted by Crippen LogP contribution is 2.28. The summed E-state index contributed by atoms with van der Waals surface area (Å²) >= 11 is 6.16. The second-order valence-electron chi connectivity index (χ2n) is 6.21. The van der Waals surface area contributed by atoms with Crippen LogP contribution in [-0.4, -0.2) is 41.6 Å². The molecule has 5 nitrogen and oxygen atoms in total. The summed E-state index contributed by atoms with van der Waals surface area (Å²) in [6, 6.07) is 12.7. The highest BCUT2D eigenvalue weighted by molar-refractivity contribution is 6.69. The number of rotatable bonds is 5. The fraction of sp³-hybridized carbons (Fsp3) is 0.250. The molecule has 2 heterocycles. The van der Waals surface area contributed by atoms with Crippen LogP contribution in [0.5, 0.6) is 5.75 Å². The molecule has 27 heavy (non-hydrogen) atoms. The zero-order valence-electron chi connectivity index (χ0n) is 14.5. The van der Waals surface area contributed by atoms with Crippen LogP contribution < -0.4 is 4.74 Å². The summed E-state index contributed by atoms with van der Waals surface area (Å²) in [6.07, 6.45) is 1.36. The van der Waals surface area contributed by atoms with Crippen molar-refractivity contribution in [1.29, 1.82) is 0 Å². The minimum atomic E-state index is -0.231. The molecule has 4 rings (SSSR count). The summed E-state index contributed by atoms with van der Waals surface area (Å²) in [5.74, 6) is 0.328. The van der Waals surface area contributed by atoms with Crippen LogP contribution in [-0.2, 0) is 6.42 Å². The lowest BCUT2D eigenvalue weighted by molar-refractivity contribution is 0.0646. The van der Waals surface area contributed by atoms with Crippen molar-refractivity contribution in [2.75, 3.05) is 19.7 Å². The van der Waals surface area contributed by atoms with Crippen molar-refractivity contribution in [3.63, 3.8) is 0 Å². The molecule has 0 bridgehead atoms. The molecular weight excluding hydrogens is 387 g/mol. The number of hydrogen-bond donors (Lipinski definition) is 0. The van der Waals surface area contributed by atoms with Crippen molar-refractivity contribution in [2.24, 2.45) is 4.99 Å². The van der Waals surface area contributed by atoms with Crippen molar-refractivity contribution in [2.45, 2.75) is 12.8 Å². The molecule has 0 radical (unpaired) electrons. The molecule has 140 valence electrons. The lowest BCUT2D eigenvalue weighted by atomic mass is 10.0. The third-order valence-electron chi connectivity index (χ3n) is 4.63. The highest BCUT2D eigenvalue weighted by Gasteiger charge is 2.34. The molecule has 0 spiro atoms. The van der Waals surface area contributed by atoms with Crippen LogP contribution in [0.2, 0.25) is 0 Å². The van der Waals surface area contributed by atoms with E-state index < -0.39 is 0 Å². The van der Waals surface area contributed by atoms with Crippen molar-refractivity contribution < 1.29 is 14.3 Å². The maximum Gasteiger partial charge on any atom is 0.261 e. The van der Waals surface area contributed by atoms with Gasteiger partial charge < -0.3 is 4.74 Å². The Morgan fingerprint density at radius 1 is 1.00 bits per heavy atom. The molecular formula is C20H18Cl2N2O3. The van der Waals surface area contributed by atoms with Crippen molar-refractivity contribution in [3.05, 3.63) is 64.7 Å². The molecule has 2 aliphatic heterocycles. The molecule has 0 saturated heterocycles. The molecule has 0 aliphatic carbocycles. The van der Waals surface area contributed by atoms with Crippen LogP contribution in [0, 0.1) is 0 Å². The van der Waals surface area contributed by atoms with Gasteiger partial charge in [-0.2, -0.15) is 0 Å². The first-order valence-electron chi connectivity index (χ1n) is 8.57. The van der Waals surface area contributed by atoms with Crippen LogP contribution in [0.4, 0.5) is 0 Å². The van der Waals surface area contributed by atoms with Gasteiger partial charge in [-0.3, -0.25) is 19.5 Å². The van der Waals surface area contributed by atoms with Gasteiger partial charge in [-0.1, -0.05) is 35.9 Å². The summed E-state index contributed by atoms with van der Waals surface area (Å²) in [4.78, 5) is 30.2. The largest absolute Gasteiger partial charge is 0.493 e. The molecule has 2 aromatic rings. The second kappa shape index (κ2) is 8.11. The first-order chi connectivity index (χ1) is 12.7. The zero-order valence-corrected chi connectivity index (χ0v) is 16.1. The van der Waals surface area contributed by atoms with Gasteiger partial charge in [0.25, 0.3) is 11.8 Å². The number of imide groups is 1. The van der Waals surface area contributed by atoms with E-state index in [-0.39, 0.29) is 24.2 Å². The molecule has 7 heteroatoms. The number of nitrogens with zero attached hydrogens (tertiary/aromatic N) is 2. The summed E-state index contributed by atoms with van der Waals surface area (Å²) < 4.78 is 5.90. The van der Waals surface area contributed by atoms with Gasteiger partial charge in [-0.05, 0) is 31.0 Å². The molecule has 2 aromatic carbocycles. The number of carbonyl (C=O) groups excluding carboxylic acids is 2. The Morgan fingerprint density at radius 2 is 1.67 bits per heavy atom. The molecule has 2 aliphatic rings. The average Bonchev–Trinajstić information content (AvgIpc) is 2.91. The number of hydrogen-bond acceptors (Lipinski definition) is 4. The van der Waals surface area contributed by atoms with Gasteiger partial charge in [-0.15, -0.1) is 12.4 Å². The quantitative estimate of drug-likeness (QED) is 0.563. The minimum Gasteiger partial charge on any atom is -0.493 e. The van der Waals surface area contributed by atoms with Crippen molar-refractivity contribution in [3.8, 4) is 5.75 Å². The lowest BCUT2D eigenvalue weighted by Gasteiger charge is -2.18. The predicted molar refractivity (Wildman–Crippen MR) is 107 cm³/mol. The average molecular weight is 405 g/mol. The molecule has 0 unspecified atom stereocenters. The first kappa shape index (κ1) is 19.4. The summed E-state index contributed by atoms with van der Waals surface area (Å²) in [5.41, 5.74) is 2.93. The number of carbonyl (C=O) groups is 2. The van der Waals surface area contributed by atoms with Gasteiger partial charge in [0.1, 0.15) is 10.9 Å². The van der Waals surface area contributed by atoms with Crippen LogP contribution in [0.15, 0.2) is 47.5 Å².